The van der Waals surface area contributed by atoms with Crippen molar-refractivity contribution >= 4 is 56.3 Å². The number of halogens is 1. The lowest BCUT2D eigenvalue weighted by Crippen LogP contribution is -2.44. The van der Waals surface area contributed by atoms with Crippen molar-refractivity contribution in [1.29, 1.82) is 0 Å². The molecule has 3 heterocycles. The van der Waals surface area contributed by atoms with Gasteiger partial charge in [-0.3, -0.25) is 0 Å². The minimum Gasteiger partial charge on any atom is -0.444 e. The number of amides is 1. The van der Waals surface area contributed by atoms with Gasteiger partial charge in [-0.2, -0.15) is 9.61 Å². The Labute approximate surface area is 275 Å². The molecule has 244 valence electrons. The number of hydrogen-bond acceptors (Lipinski definition) is 7. The van der Waals surface area contributed by atoms with Crippen molar-refractivity contribution in [3.8, 4) is 0 Å². The van der Waals surface area contributed by atoms with Gasteiger partial charge in [-0.1, -0.05) is 46.2 Å². The first kappa shape index (κ1) is 36.2. The number of carbonyl (C=O) groups excluding carboxylic acids is 1. The van der Waals surface area contributed by atoms with Crippen molar-refractivity contribution < 1.29 is 19.0 Å². The molecule has 1 fully saturated rings. The summed E-state index contributed by atoms with van der Waals surface area (Å²) in [5.41, 5.74) is 1.31. The zero-order valence-corrected chi connectivity index (χ0v) is 32.5. The number of aromatic nitrogens is 3. The summed E-state index contributed by atoms with van der Waals surface area (Å²) in [6.07, 6.45) is 6.18. The van der Waals surface area contributed by atoms with Gasteiger partial charge in [0.2, 0.25) is 0 Å². The van der Waals surface area contributed by atoms with Gasteiger partial charge in [-0.25, -0.2) is 9.78 Å². The number of carbonyl (C=O) groups is 1. The second kappa shape index (κ2) is 15.4. The van der Waals surface area contributed by atoms with Crippen LogP contribution in [-0.4, -0.2) is 86.1 Å². The third kappa shape index (κ3) is 11.6. The third-order valence-corrected chi connectivity index (χ3v) is 11.9. The highest BCUT2D eigenvalue weighted by Crippen LogP contribution is 2.31. The van der Waals surface area contributed by atoms with E-state index in [1.54, 1.807) is 0 Å². The van der Waals surface area contributed by atoms with E-state index in [1.165, 1.54) is 0 Å². The van der Waals surface area contributed by atoms with Crippen LogP contribution in [0.3, 0.4) is 0 Å². The van der Waals surface area contributed by atoms with Crippen LogP contribution in [0, 0.1) is 3.57 Å². The summed E-state index contributed by atoms with van der Waals surface area (Å²) in [5.74, 6) is 0.922. The quantitative estimate of drug-likeness (QED) is 0.0795. The first-order valence-electron chi connectivity index (χ1n) is 15.9. The number of nitrogens with zero attached hydrogens (tertiary/aromatic N) is 5. The van der Waals surface area contributed by atoms with Crippen molar-refractivity contribution in [3.63, 3.8) is 0 Å². The zero-order chi connectivity index (χ0) is 32.0. The predicted molar refractivity (Wildman–Crippen MR) is 190 cm³/mol. The van der Waals surface area contributed by atoms with Gasteiger partial charge in [0.25, 0.3) is 0 Å². The molecule has 0 aromatic carbocycles. The van der Waals surface area contributed by atoms with E-state index in [0.717, 1.165) is 78.1 Å². The van der Waals surface area contributed by atoms with Crippen LogP contribution in [0.2, 0.25) is 51.4 Å². The number of fused-ring (bicyclic) bond motifs is 1. The van der Waals surface area contributed by atoms with E-state index in [9.17, 15) is 4.79 Å². The molecule has 43 heavy (non-hydrogen) atoms. The highest BCUT2D eigenvalue weighted by atomic mass is 127. The molecule has 0 aliphatic carbocycles. The fourth-order valence-corrected chi connectivity index (χ4v) is 7.16. The molecule has 9 nitrogen and oxygen atoms in total. The maximum Gasteiger partial charge on any atom is 0.410 e. The van der Waals surface area contributed by atoms with Gasteiger partial charge in [0.15, 0.2) is 5.65 Å². The molecular formula is C31H56IN5O4Si2. The van der Waals surface area contributed by atoms with Gasteiger partial charge in [-0.05, 0) is 87.6 Å². The van der Waals surface area contributed by atoms with Crippen LogP contribution >= 0.6 is 22.6 Å². The van der Waals surface area contributed by atoms with E-state index >= 15 is 0 Å². The van der Waals surface area contributed by atoms with Crippen molar-refractivity contribution in [2.75, 3.05) is 31.6 Å². The second-order valence-corrected chi connectivity index (χ2v) is 27.7. The van der Waals surface area contributed by atoms with Gasteiger partial charge in [-0.15, -0.1) is 0 Å². The number of ether oxygens (including phenoxy) is 3. The summed E-state index contributed by atoms with van der Waals surface area (Å²) >= 11 is 2.31. The lowest BCUT2D eigenvalue weighted by molar-refractivity contribution is 0.0136. The summed E-state index contributed by atoms with van der Waals surface area (Å²) in [7, 11) is -2.41. The van der Waals surface area contributed by atoms with Crippen LogP contribution in [0.5, 0.6) is 0 Å². The maximum absolute atomic E-state index is 13.2. The molecule has 0 N–H and O–H groups in total. The molecular weight excluding hydrogens is 689 g/mol. The van der Waals surface area contributed by atoms with Crippen LogP contribution in [0.25, 0.3) is 5.65 Å². The van der Waals surface area contributed by atoms with Gasteiger partial charge in [0, 0.05) is 53.2 Å². The van der Waals surface area contributed by atoms with Gasteiger partial charge in [0.1, 0.15) is 24.9 Å². The SMILES string of the molecule is CCC1CCC(CCc2cc(N(COCC[Si](C)(C)C)COCC[Si](C)(C)C)n3ncc(I)c3n2)N1C(=O)OC(C)(C)C. The fourth-order valence-electron chi connectivity index (χ4n) is 5.17. The molecule has 2 unspecified atom stereocenters. The van der Waals surface area contributed by atoms with Crippen LogP contribution in [0.15, 0.2) is 12.3 Å². The summed E-state index contributed by atoms with van der Waals surface area (Å²) in [5, 5.41) is 4.68. The number of anilines is 1. The van der Waals surface area contributed by atoms with Crippen LogP contribution in [0.4, 0.5) is 10.6 Å². The van der Waals surface area contributed by atoms with Gasteiger partial charge in [0.05, 0.1) is 9.77 Å². The van der Waals surface area contributed by atoms with E-state index < -0.39 is 21.7 Å². The van der Waals surface area contributed by atoms with Crippen LogP contribution < -0.4 is 4.90 Å². The van der Waals surface area contributed by atoms with E-state index in [2.05, 4.69) is 84.9 Å². The van der Waals surface area contributed by atoms with E-state index in [0.29, 0.717) is 13.5 Å². The van der Waals surface area contributed by atoms with Crippen LogP contribution in [0.1, 0.15) is 59.1 Å². The third-order valence-electron chi connectivity index (χ3n) is 7.70. The zero-order valence-electron chi connectivity index (χ0n) is 28.3. The van der Waals surface area contributed by atoms with Gasteiger partial charge >= 0.3 is 6.09 Å². The molecule has 1 aliphatic heterocycles. The Morgan fingerprint density at radius 1 is 1.02 bits per heavy atom. The van der Waals surface area contributed by atoms with E-state index in [1.807, 2.05) is 36.4 Å². The summed E-state index contributed by atoms with van der Waals surface area (Å²) in [6.45, 7) is 24.5. The molecule has 2 atom stereocenters. The van der Waals surface area contributed by atoms with E-state index in [4.69, 9.17) is 19.2 Å². The summed E-state index contributed by atoms with van der Waals surface area (Å²) in [6, 6.07) is 4.71. The average Bonchev–Trinajstić information content (AvgIpc) is 3.47. The molecule has 1 saturated heterocycles. The molecule has 2 aromatic rings. The number of likely N-dealkylation sites (tertiary alicyclic amines) is 1. The lowest BCUT2D eigenvalue weighted by atomic mass is 10.1. The lowest BCUT2D eigenvalue weighted by Gasteiger charge is -2.32. The fraction of sp³-hybridized carbons (Fsp3) is 0.774. The first-order chi connectivity index (χ1) is 20.0. The highest BCUT2D eigenvalue weighted by molar-refractivity contribution is 14.1. The van der Waals surface area contributed by atoms with E-state index in [-0.39, 0.29) is 18.2 Å². The van der Waals surface area contributed by atoms with Crippen LogP contribution in [-0.2, 0) is 20.6 Å². The van der Waals surface area contributed by atoms with Crippen molar-refractivity contribution in [1.82, 2.24) is 19.5 Å². The molecule has 1 aliphatic rings. The summed E-state index contributed by atoms with van der Waals surface area (Å²) < 4.78 is 21.2. The first-order valence-corrected chi connectivity index (χ1v) is 24.4. The standard InChI is InChI=1S/C31H56IN5O4Si2/c1-11-25-14-15-26(36(25)30(38)41-31(2,3)4)13-12-24-20-28(37-29(34-24)27(32)21-33-37)35(22-39-16-18-42(5,6)7)23-40-17-19-43(8,9)10/h20-21,25-26H,11-19,22-23H2,1-10H3. The molecule has 0 bridgehead atoms. The monoisotopic (exact) mass is 745 g/mol. The smallest absolute Gasteiger partial charge is 0.410 e. The number of hydrogen-bond donors (Lipinski definition) is 0. The Kier molecular flexibility index (Phi) is 13.0. The number of aryl methyl sites for hydroxylation is 1. The molecule has 0 spiro atoms. The maximum atomic E-state index is 13.2. The largest absolute Gasteiger partial charge is 0.444 e. The predicted octanol–water partition coefficient (Wildman–Crippen LogP) is 7.88. The van der Waals surface area contributed by atoms with Crippen molar-refractivity contribution in [2.24, 2.45) is 0 Å². The minimum atomic E-state index is -1.20. The molecule has 0 saturated carbocycles. The Hall–Kier alpha value is -1.23. The topological polar surface area (TPSA) is 81.4 Å². The molecule has 2 aromatic heterocycles. The molecule has 1 amide bonds. The normalized spacial score (nSPS) is 18.1. The Bertz CT molecular complexity index is 1170. The van der Waals surface area contributed by atoms with Crippen molar-refractivity contribution in [3.05, 3.63) is 21.5 Å². The van der Waals surface area contributed by atoms with Crippen molar-refractivity contribution in [2.45, 2.75) is 129 Å². The molecule has 0 radical (unpaired) electrons. The number of rotatable bonds is 15. The molecule has 12 heteroatoms. The minimum absolute atomic E-state index is 0.135. The Balaban J connectivity index is 1.83. The second-order valence-electron chi connectivity index (χ2n) is 15.3. The Morgan fingerprint density at radius 2 is 1.60 bits per heavy atom. The summed E-state index contributed by atoms with van der Waals surface area (Å²) in [4.78, 5) is 22.4. The highest BCUT2D eigenvalue weighted by Gasteiger charge is 2.38. The molecule has 3 rings (SSSR count). The van der Waals surface area contributed by atoms with Gasteiger partial charge < -0.3 is 24.0 Å². The Morgan fingerprint density at radius 3 is 2.14 bits per heavy atom. The average molecular weight is 746 g/mol.